The van der Waals surface area contributed by atoms with Crippen molar-refractivity contribution in [3.05, 3.63) is 57.3 Å². The zero-order chi connectivity index (χ0) is 21.5. The van der Waals surface area contributed by atoms with Gasteiger partial charge >= 0.3 is 0 Å². The molecule has 162 valence electrons. The van der Waals surface area contributed by atoms with E-state index in [-0.39, 0.29) is 24.3 Å². The standard InChI is InChI=1S/C22H26F2N2O3S/c1-29-14-17-6-8-20(30-17)22(28)26-10-2-3-15(13-26)5-9-21(27)25-12-16-4-7-18(23)19(24)11-16/h4,6-8,11,15H,2-3,5,9-10,12-14H2,1H3,(H,25,27)/t15-/m0/s1. The lowest BCUT2D eigenvalue weighted by molar-refractivity contribution is -0.121. The Hall–Kier alpha value is -2.32. The third-order valence-electron chi connectivity index (χ3n) is 5.22. The highest BCUT2D eigenvalue weighted by Gasteiger charge is 2.25. The lowest BCUT2D eigenvalue weighted by Gasteiger charge is -2.32. The number of benzene rings is 1. The molecule has 2 heterocycles. The quantitative estimate of drug-likeness (QED) is 0.677. The van der Waals surface area contributed by atoms with Crippen LogP contribution in [-0.4, -0.2) is 36.9 Å². The highest BCUT2D eigenvalue weighted by molar-refractivity contribution is 7.14. The van der Waals surface area contributed by atoms with Crippen LogP contribution in [0.4, 0.5) is 8.78 Å². The summed E-state index contributed by atoms with van der Waals surface area (Å²) < 4.78 is 31.3. The second kappa shape index (κ2) is 10.6. The lowest BCUT2D eigenvalue weighted by atomic mass is 9.93. The summed E-state index contributed by atoms with van der Waals surface area (Å²) in [4.78, 5) is 28.5. The van der Waals surface area contributed by atoms with Crippen molar-refractivity contribution in [1.82, 2.24) is 10.2 Å². The van der Waals surface area contributed by atoms with Crippen molar-refractivity contribution in [3.63, 3.8) is 0 Å². The number of hydrogen-bond acceptors (Lipinski definition) is 4. The van der Waals surface area contributed by atoms with Gasteiger partial charge in [-0.25, -0.2) is 8.78 Å². The molecule has 0 saturated carbocycles. The van der Waals surface area contributed by atoms with Gasteiger partial charge in [0.1, 0.15) is 0 Å². The van der Waals surface area contributed by atoms with Crippen LogP contribution in [0.25, 0.3) is 0 Å². The monoisotopic (exact) mass is 436 g/mol. The Labute approximate surface area is 179 Å². The maximum Gasteiger partial charge on any atom is 0.263 e. The van der Waals surface area contributed by atoms with E-state index in [0.717, 1.165) is 36.4 Å². The van der Waals surface area contributed by atoms with Gasteiger partial charge in [-0.15, -0.1) is 11.3 Å². The molecule has 0 radical (unpaired) electrons. The smallest absolute Gasteiger partial charge is 0.263 e. The van der Waals surface area contributed by atoms with Gasteiger partial charge in [-0.3, -0.25) is 9.59 Å². The second-order valence-electron chi connectivity index (χ2n) is 7.52. The lowest BCUT2D eigenvalue weighted by Crippen LogP contribution is -2.40. The molecule has 1 aliphatic rings. The Balaban J connectivity index is 1.44. The van der Waals surface area contributed by atoms with E-state index in [0.29, 0.717) is 36.4 Å². The van der Waals surface area contributed by atoms with Crippen LogP contribution in [0.15, 0.2) is 30.3 Å². The zero-order valence-electron chi connectivity index (χ0n) is 17.0. The van der Waals surface area contributed by atoms with Crippen molar-refractivity contribution in [1.29, 1.82) is 0 Å². The number of halogens is 2. The number of carbonyl (C=O) groups excluding carboxylic acids is 2. The molecule has 1 aromatic heterocycles. The minimum absolute atomic E-state index is 0.0369. The predicted octanol–water partition coefficient (Wildman–Crippen LogP) is 4.12. The largest absolute Gasteiger partial charge is 0.379 e. The minimum Gasteiger partial charge on any atom is -0.379 e. The van der Waals surface area contributed by atoms with E-state index in [1.54, 1.807) is 7.11 Å². The zero-order valence-corrected chi connectivity index (χ0v) is 17.8. The van der Waals surface area contributed by atoms with Crippen molar-refractivity contribution in [3.8, 4) is 0 Å². The van der Waals surface area contributed by atoms with Gasteiger partial charge in [-0.05, 0) is 55.0 Å². The molecule has 0 aliphatic carbocycles. The number of thiophene rings is 1. The molecule has 1 saturated heterocycles. The Morgan fingerprint density at radius 1 is 1.23 bits per heavy atom. The summed E-state index contributed by atoms with van der Waals surface area (Å²) in [6.07, 6.45) is 2.93. The van der Waals surface area contributed by atoms with Gasteiger partial charge in [0.2, 0.25) is 5.91 Å². The Morgan fingerprint density at radius 3 is 2.83 bits per heavy atom. The van der Waals surface area contributed by atoms with Crippen LogP contribution in [-0.2, 0) is 22.7 Å². The molecule has 2 aromatic rings. The van der Waals surface area contributed by atoms with E-state index >= 15 is 0 Å². The first-order valence-electron chi connectivity index (χ1n) is 10.0. The SMILES string of the molecule is COCc1ccc(C(=O)N2CCC[C@@H](CCC(=O)NCc3ccc(F)c(F)c3)C2)s1. The van der Waals surface area contributed by atoms with Crippen LogP contribution in [0.2, 0.25) is 0 Å². The van der Waals surface area contributed by atoms with E-state index in [2.05, 4.69) is 5.32 Å². The highest BCUT2D eigenvalue weighted by atomic mass is 32.1. The first-order valence-corrected chi connectivity index (χ1v) is 10.9. The van der Waals surface area contributed by atoms with Crippen LogP contribution in [0, 0.1) is 17.6 Å². The Kier molecular flexibility index (Phi) is 7.93. The van der Waals surface area contributed by atoms with E-state index in [4.69, 9.17) is 4.74 Å². The minimum atomic E-state index is -0.922. The molecule has 2 amide bonds. The molecular formula is C22H26F2N2O3S. The average molecular weight is 437 g/mol. The van der Waals surface area contributed by atoms with Gasteiger partial charge in [-0.1, -0.05) is 6.07 Å². The fourth-order valence-corrected chi connectivity index (χ4v) is 4.58. The normalized spacial score (nSPS) is 16.5. The molecule has 3 rings (SSSR count). The summed E-state index contributed by atoms with van der Waals surface area (Å²) in [7, 11) is 1.63. The highest BCUT2D eigenvalue weighted by Crippen LogP contribution is 2.25. The molecule has 0 unspecified atom stereocenters. The topological polar surface area (TPSA) is 58.6 Å². The molecule has 0 bridgehead atoms. The van der Waals surface area contributed by atoms with Crippen molar-refractivity contribution in [2.24, 2.45) is 5.92 Å². The van der Waals surface area contributed by atoms with Crippen molar-refractivity contribution in [2.75, 3.05) is 20.2 Å². The van der Waals surface area contributed by atoms with Crippen LogP contribution >= 0.6 is 11.3 Å². The van der Waals surface area contributed by atoms with Gasteiger partial charge < -0.3 is 15.0 Å². The van der Waals surface area contributed by atoms with E-state index in [1.807, 2.05) is 17.0 Å². The first-order chi connectivity index (χ1) is 14.5. The summed E-state index contributed by atoms with van der Waals surface area (Å²) in [6.45, 7) is 2.04. The second-order valence-corrected chi connectivity index (χ2v) is 8.69. The fraction of sp³-hybridized carbons (Fsp3) is 0.455. The van der Waals surface area contributed by atoms with Gasteiger partial charge in [0.05, 0.1) is 11.5 Å². The summed E-state index contributed by atoms with van der Waals surface area (Å²) in [5.41, 5.74) is 0.514. The third kappa shape index (κ3) is 6.09. The van der Waals surface area contributed by atoms with Gasteiger partial charge in [0, 0.05) is 38.0 Å². The van der Waals surface area contributed by atoms with Crippen LogP contribution in [0.3, 0.4) is 0 Å². The summed E-state index contributed by atoms with van der Waals surface area (Å²) >= 11 is 1.45. The molecule has 8 heteroatoms. The Morgan fingerprint density at radius 2 is 2.07 bits per heavy atom. The van der Waals surface area contributed by atoms with Crippen molar-refractivity contribution < 1.29 is 23.1 Å². The number of amides is 2. The molecule has 1 aliphatic heterocycles. The van der Waals surface area contributed by atoms with Crippen molar-refractivity contribution in [2.45, 2.75) is 38.8 Å². The molecule has 1 N–H and O–H groups in total. The van der Waals surface area contributed by atoms with E-state index in [1.165, 1.54) is 17.4 Å². The Bertz CT molecular complexity index is 887. The molecule has 1 aromatic carbocycles. The number of rotatable bonds is 8. The number of nitrogens with zero attached hydrogens (tertiary/aromatic N) is 1. The van der Waals surface area contributed by atoms with E-state index in [9.17, 15) is 18.4 Å². The van der Waals surface area contributed by atoms with Crippen molar-refractivity contribution >= 4 is 23.2 Å². The van der Waals surface area contributed by atoms with Gasteiger partial charge in [-0.2, -0.15) is 0 Å². The maximum atomic E-state index is 13.2. The average Bonchev–Trinajstić information content (AvgIpc) is 3.21. The number of likely N-dealkylation sites (tertiary alicyclic amines) is 1. The molecule has 5 nitrogen and oxygen atoms in total. The van der Waals surface area contributed by atoms with Crippen LogP contribution in [0.5, 0.6) is 0 Å². The molecule has 30 heavy (non-hydrogen) atoms. The number of carbonyl (C=O) groups is 2. The summed E-state index contributed by atoms with van der Waals surface area (Å²) in [5, 5.41) is 2.74. The molecule has 1 atom stereocenters. The van der Waals surface area contributed by atoms with Gasteiger partial charge in [0.25, 0.3) is 5.91 Å². The molecule has 1 fully saturated rings. The maximum absolute atomic E-state index is 13.2. The molecular weight excluding hydrogens is 410 g/mol. The third-order valence-corrected chi connectivity index (χ3v) is 6.27. The molecule has 0 spiro atoms. The van der Waals surface area contributed by atoms with Crippen LogP contribution < -0.4 is 5.32 Å². The first kappa shape index (κ1) is 22.4. The number of nitrogens with one attached hydrogen (secondary N) is 1. The number of hydrogen-bond donors (Lipinski definition) is 1. The number of ether oxygens (including phenoxy) is 1. The van der Waals surface area contributed by atoms with Crippen LogP contribution in [0.1, 0.15) is 45.8 Å². The summed E-state index contributed by atoms with van der Waals surface area (Å²) in [6, 6.07) is 7.35. The summed E-state index contributed by atoms with van der Waals surface area (Å²) in [5.74, 6) is -1.65. The number of methoxy groups -OCH3 is 1. The fourth-order valence-electron chi connectivity index (χ4n) is 3.63. The predicted molar refractivity (Wildman–Crippen MR) is 111 cm³/mol. The number of piperidine rings is 1. The van der Waals surface area contributed by atoms with Gasteiger partial charge in [0.15, 0.2) is 11.6 Å². The van der Waals surface area contributed by atoms with E-state index < -0.39 is 11.6 Å².